The molecule has 0 aliphatic rings. The van der Waals surface area contributed by atoms with E-state index in [-0.39, 0.29) is 0 Å². The Balaban J connectivity index is 2.11. The van der Waals surface area contributed by atoms with Crippen molar-refractivity contribution in [3.8, 4) is 10.6 Å². The molecule has 5 heteroatoms. The van der Waals surface area contributed by atoms with E-state index in [0.29, 0.717) is 6.04 Å². The summed E-state index contributed by atoms with van der Waals surface area (Å²) in [5, 5.41) is 13.6. The summed E-state index contributed by atoms with van der Waals surface area (Å²) in [6.45, 7) is 6.93. The maximum absolute atomic E-state index is 5.25. The molecular weight excluding hydrogens is 222 g/mol. The zero-order valence-corrected chi connectivity index (χ0v) is 10.5. The van der Waals surface area contributed by atoms with Crippen molar-refractivity contribution in [3.63, 3.8) is 0 Å². The number of furan rings is 1. The van der Waals surface area contributed by atoms with Crippen molar-refractivity contribution in [2.45, 2.75) is 33.4 Å². The van der Waals surface area contributed by atoms with Gasteiger partial charge in [0.2, 0.25) is 0 Å². The van der Waals surface area contributed by atoms with Crippen LogP contribution in [0.25, 0.3) is 10.6 Å². The molecule has 4 nitrogen and oxygen atoms in total. The fourth-order valence-electron chi connectivity index (χ4n) is 1.33. The van der Waals surface area contributed by atoms with Gasteiger partial charge in [0.25, 0.3) is 0 Å². The lowest BCUT2D eigenvalue weighted by molar-refractivity contribution is 0.535. The Morgan fingerprint density at radius 2 is 2.25 bits per heavy atom. The maximum atomic E-state index is 5.25. The Bertz CT molecular complexity index is 461. The van der Waals surface area contributed by atoms with Gasteiger partial charge in [-0.2, -0.15) is 0 Å². The lowest BCUT2D eigenvalue weighted by atomic mass is 10.3. The third-order valence-electron chi connectivity index (χ3n) is 2.22. The molecule has 0 saturated heterocycles. The zero-order valence-electron chi connectivity index (χ0n) is 9.65. The molecule has 2 rings (SSSR count). The molecule has 0 fully saturated rings. The van der Waals surface area contributed by atoms with Gasteiger partial charge >= 0.3 is 0 Å². The Hall–Kier alpha value is -1.20. The fourth-order valence-corrected chi connectivity index (χ4v) is 2.20. The smallest absolute Gasteiger partial charge is 0.151 e. The molecule has 2 aromatic rings. The van der Waals surface area contributed by atoms with Gasteiger partial charge in [0.1, 0.15) is 10.8 Å². The van der Waals surface area contributed by atoms with E-state index >= 15 is 0 Å². The molecular formula is C11H15N3OS. The number of hydrogen-bond acceptors (Lipinski definition) is 5. The first-order valence-corrected chi connectivity index (χ1v) is 6.08. The molecule has 0 aliphatic heterocycles. The number of aromatic nitrogens is 2. The summed E-state index contributed by atoms with van der Waals surface area (Å²) in [5.74, 6) is 0.888. The first kappa shape index (κ1) is 11.3. The zero-order chi connectivity index (χ0) is 11.5. The summed E-state index contributed by atoms with van der Waals surface area (Å²) in [6, 6.07) is 2.39. The van der Waals surface area contributed by atoms with Gasteiger partial charge in [0.15, 0.2) is 5.01 Å². The molecule has 0 atom stereocenters. The predicted molar refractivity (Wildman–Crippen MR) is 64.3 cm³/mol. The van der Waals surface area contributed by atoms with Gasteiger partial charge in [-0.1, -0.05) is 25.2 Å². The van der Waals surface area contributed by atoms with E-state index in [1.54, 1.807) is 17.6 Å². The number of rotatable bonds is 4. The van der Waals surface area contributed by atoms with Crippen LogP contribution in [0.3, 0.4) is 0 Å². The highest BCUT2D eigenvalue weighted by Gasteiger charge is 2.10. The maximum Gasteiger partial charge on any atom is 0.151 e. The first-order valence-electron chi connectivity index (χ1n) is 5.27. The topological polar surface area (TPSA) is 51.0 Å². The third kappa shape index (κ3) is 2.48. The minimum absolute atomic E-state index is 0.461. The van der Waals surface area contributed by atoms with E-state index < -0.39 is 0 Å². The highest BCUT2D eigenvalue weighted by atomic mass is 32.1. The average Bonchev–Trinajstić information content (AvgIpc) is 2.83. The monoisotopic (exact) mass is 237 g/mol. The molecule has 0 bridgehead atoms. The molecule has 0 saturated carbocycles. The van der Waals surface area contributed by atoms with Crippen LogP contribution in [0.4, 0.5) is 0 Å². The van der Waals surface area contributed by atoms with Gasteiger partial charge in [-0.15, -0.1) is 10.2 Å². The summed E-state index contributed by atoms with van der Waals surface area (Å²) in [5.41, 5.74) is 1.04. The van der Waals surface area contributed by atoms with Crippen molar-refractivity contribution in [2.24, 2.45) is 0 Å². The largest absolute Gasteiger partial charge is 0.469 e. The van der Waals surface area contributed by atoms with Crippen LogP contribution in [0.2, 0.25) is 0 Å². The van der Waals surface area contributed by atoms with Crippen molar-refractivity contribution < 1.29 is 4.42 Å². The van der Waals surface area contributed by atoms with E-state index in [4.69, 9.17) is 4.42 Å². The van der Waals surface area contributed by atoms with Crippen molar-refractivity contribution in [2.75, 3.05) is 0 Å². The summed E-state index contributed by atoms with van der Waals surface area (Å²) in [4.78, 5) is 0. The SMILES string of the molecule is Cc1occc1-c1nnc(CNC(C)C)s1. The van der Waals surface area contributed by atoms with Gasteiger partial charge in [-0.05, 0) is 13.0 Å². The second kappa shape index (κ2) is 4.76. The van der Waals surface area contributed by atoms with Crippen molar-refractivity contribution >= 4 is 11.3 Å². The molecule has 0 unspecified atom stereocenters. The Labute approximate surface area is 98.7 Å². The number of hydrogen-bond donors (Lipinski definition) is 1. The van der Waals surface area contributed by atoms with Crippen molar-refractivity contribution in [1.82, 2.24) is 15.5 Å². The summed E-state index contributed by atoms with van der Waals surface area (Å²) in [6.07, 6.45) is 1.68. The molecule has 0 aliphatic carbocycles. The lowest BCUT2D eigenvalue weighted by Gasteiger charge is -2.03. The summed E-state index contributed by atoms with van der Waals surface area (Å²) in [7, 11) is 0. The lowest BCUT2D eigenvalue weighted by Crippen LogP contribution is -2.21. The van der Waals surface area contributed by atoms with Gasteiger partial charge in [0, 0.05) is 12.6 Å². The third-order valence-corrected chi connectivity index (χ3v) is 3.17. The van der Waals surface area contributed by atoms with E-state index in [1.807, 2.05) is 13.0 Å². The predicted octanol–water partition coefficient (Wildman–Crippen LogP) is 2.60. The minimum Gasteiger partial charge on any atom is -0.469 e. The van der Waals surface area contributed by atoms with Gasteiger partial charge in [-0.25, -0.2) is 0 Å². The molecule has 16 heavy (non-hydrogen) atoms. The van der Waals surface area contributed by atoms with E-state index in [0.717, 1.165) is 27.9 Å². The van der Waals surface area contributed by atoms with E-state index in [1.165, 1.54) is 0 Å². The van der Waals surface area contributed by atoms with Crippen LogP contribution in [-0.2, 0) is 6.54 Å². The molecule has 2 aromatic heterocycles. The van der Waals surface area contributed by atoms with Crippen LogP contribution < -0.4 is 5.32 Å². The number of nitrogens with zero attached hydrogens (tertiary/aromatic N) is 2. The molecule has 0 aromatic carbocycles. The number of nitrogens with one attached hydrogen (secondary N) is 1. The number of aryl methyl sites for hydroxylation is 1. The molecule has 1 N–H and O–H groups in total. The molecule has 86 valence electrons. The Kier molecular flexibility index (Phi) is 3.36. The van der Waals surface area contributed by atoms with Crippen molar-refractivity contribution in [1.29, 1.82) is 0 Å². The van der Waals surface area contributed by atoms with Crippen LogP contribution in [0.15, 0.2) is 16.7 Å². The first-order chi connectivity index (χ1) is 7.66. The second-order valence-electron chi connectivity index (χ2n) is 3.93. The summed E-state index contributed by atoms with van der Waals surface area (Å²) < 4.78 is 5.25. The molecule has 0 spiro atoms. The van der Waals surface area contributed by atoms with Crippen LogP contribution in [-0.4, -0.2) is 16.2 Å². The quantitative estimate of drug-likeness (QED) is 0.888. The highest BCUT2D eigenvalue weighted by molar-refractivity contribution is 7.14. The van der Waals surface area contributed by atoms with Crippen LogP contribution in [0.1, 0.15) is 24.6 Å². The normalized spacial score (nSPS) is 11.2. The second-order valence-corrected chi connectivity index (χ2v) is 4.99. The standard InChI is InChI=1S/C11H15N3OS/c1-7(2)12-6-10-13-14-11(16-10)9-4-5-15-8(9)3/h4-5,7,12H,6H2,1-3H3. The van der Waals surface area contributed by atoms with Gasteiger partial charge in [-0.3, -0.25) is 0 Å². The van der Waals surface area contributed by atoms with Gasteiger partial charge < -0.3 is 9.73 Å². The van der Waals surface area contributed by atoms with Crippen LogP contribution in [0.5, 0.6) is 0 Å². The van der Waals surface area contributed by atoms with Crippen molar-refractivity contribution in [3.05, 3.63) is 23.1 Å². The average molecular weight is 237 g/mol. The highest BCUT2D eigenvalue weighted by Crippen LogP contribution is 2.27. The Morgan fingerprint density at radius 3 is 2.88 bits per heavy atom. The van der Waals surface area contributed by atoms with E-state index in [9.17, 15) is 0 Å². The molecule has 2 heterocycles. The van der Waals surface area contributed by atoms with E-state index in [2.05, 4.69) is 29.4 Å². The van der Waals surface area contributed by atoms with Crippen LogP contribution in [0, 0.1) is 6.92 Å². The van der Waals surface area contributed by atoms with Crippen LogP contribution >= 0.6 is 11.3 Å². The molecule has 0 radical (unpaired) electrons. The minimum atomic E-state index is 0.461. The molecule has 0 amide bonds. The van der Waals surface area contributed by atoms with Gasteiger partial charge in [0.05, 0.1) is 11.8 Å². The fraction of sp³-hybridized carbons (Fsp3) is 0.455. The Morgan fingerprint density at radius 1 is 1.44 bits per heavy atom. The summed E-state index contributed by atoms with van der Waals surface area (Å²) >= 11 is 1.60.